The van der Waals surface area contributed by atoms with Crippen molar-refractivity contribution in [2.45, 2.75) is 6.10 Å². The Balaban J connectivity index is 2.63. The summed E-state index contributed by atoms with van der Waals surface area (Å²) in [5.74, 6) is -0.950. The molecule has 4 nitrogen and oxygen atoms in total. The highest BCUT2D eigenvalue weighted by Gasteiger charge is 2.39. The maximum absolute atomic E-state index is 11.5. The Morgan fingerprint density at radius 1 is 1.33 bits per heavy atom. The van der Waals surface area contributed by atoms with Crippen LogP contribution in [0.15, 0.2) is 31.0 Å². The highest BCUT2D eigenvalue weighted by atomic mass is 16.5. The van der Waals surface area contributed by atoms with Crippen LogP contribution in [-0.2, 0) is 0 Å². The average molecular weight is 204 g/mol. The summed E-state index contributed by atoms with van der Waals surface area (Å²) in [5, 5.41) is 9.30. The molecule has 76 valence electrons. The van der Waals surface area contributed by atoms with E-state index in [-0.39, 0.29) is 16.9 Å². The van der Waals surface area contributed by atoms with Crippen molar-refractivity contribution in [1.82, 2.24) is 0 Å². The summed E-state index contributed by atoms with van der Waals surface area (Å²) in [7, 11) is 0. The molecule has 0 aromatic heterocycles. The van der Waals surface area contributed by atoms with Crippen molar-refractivity contribution in [3.05, 3.63) is 42.2 Å². The van der Waals surface area contributed by atoms with Crippen LogP contribution in [0.4, 0.5) is 0 Å². The van der Waals surface area contributed by atoms with E-state index in [0.29, 0.717) is 0 Å². The molecule has 1 aliphatic carbocycles. The molecule has 1 aromatic rings. The molecule has 0 spiro atoms. The SMILES string of the molecule is C=COc1cccc2c1C(=O)C(O)C2=O. The number of aliphatic hydroxyl groups excluding tert-OH is 1. The zero-order chi connectivity index (χ0) is 11.0. The van der Waals surface area contributed by atoms with E-state index < -0.39 is 17.7 Å². The van der Waals surface area contributed by atoms with Crippen LogP contribution < -0.4 is 4.74 Å². The van der Waals surface area contributed by atoms with Crippen molar-refractivity contribution < 1.29 is 19.4 Å². The molecule has 1 unspecified atom stereocenters. The van der Waals surface area contributed by atoms with Crippen molar-refractivity contribution >= 4 is 11.6 Å². The number of ether oxygens (including phenoxy) is 1. The van der Waals surface area contributed by atoms with Gasteiger partial charge in [0.2, 0.25) is 5.78 Å². The van der Waals surface area contributed by atoms with Gasteiger partial charge in [0.1, 0.15) is 5.75 Å². The van der Waals surface area contributed by atoms with Crippen LogP contribution in [0.3, 0.4) is 0 Å². The monoisotopic (exact) mass is 204 g/mol. The molecule has 2 rings (SSSR count). The van der Waals surface area contributed by atoms with Gasteiger partial charge in [0.15, 0.2) is 11.9 Å². The predicted octanol–water partition coefficient (Wildman–Crippen LogP) is 0.949. The van der Waals surface area contributed by atoms with E-state index in [9.17, 15) is 14.7 Å². The second-order valence-electron chi connectivity index (χ2n) is 3.09. The third kappa shape index (κ3) is 1.27. The van der Waals surface area contributed by atoms with Crippen LogP contribution in [0.5, 0.6) is 5.75 Å². The largest absolute Gasteiger partial charge is 0.465 e. The molecule has 1 aromatic carbocycles. The first kappa shape index (κ1) is 9.61. The third-order valence-electron chi connectivity index (χ3n) is 2.25. The Morgan fingerprint density at radius 2 is 2.07 bits per heavy atom. The van der Waals surface area contributed by atoms with Crippen molar-refractivity contribution in [2.24, 2.45) is 0 Å². The number of Topliss-reactive ketones (excluding diaryl/α,β-unsaturated/α-hetero) is 2. The van der Waals surface area contributed by atoms with Gasteiger partial charge in [-0.2, -0.15) is 0 Å². The molecule has 0 fully saturated rings. The smallest absolute Gasteiger partial charge is 0.203 e. The molecule has 0 radical (unpaired) electrons. The van der Waals surface area contributed by atoms with Gasteiger partial charge in [-0.05, 0) is 6.07 Å². The van der Waals surface area contributed by atoms with E-state index in [4.69, 9.17) is 4.74 Å². The van der Waals surface area contributed by atoms with Crippen LogP contribution in [0.1, 0.15) is 20.7 Å². The maximum Gasteiger partial charge on any atom is 0.203 e. The minimum atomic E-state index is -1.59. The second-order valence-corrected chi connectivity index (χ2v) is 3.09. The molecule has 1 N–H and O–H groups in total. The number of hydrogen-bond acceptors (Lipinski definition) is 4. The fourth-order valence-corrected chi connectivity index (χ4v) is 1.58. The standard InChI is InChI=1S/C11H8O4/c1-2-15-7-5-3-4-6-8(7)10(13)11(14)9(6)12/h2-5,11,14H,1H2. The fraction of sp³-hybridized carbons (Fsp3) is 0.0909. The summed E-state index contributed by atoms with van der Waals surface area (Å²) in [4.78, 5) is 22.9. The molecule has 0 saturated heterocycles. The van der Waals surface area contributed by atoms with Gasteiger partial charge in [0.05, 0.1) is 11.8 Å². The van der Waals surface area contributed by atoms with E-state index >= 15 is 0 Å². The topological polar surface area (TPSA) is 63.6 Å². The number of benzene rings is 1. The molecule has 1 aliphatic rings. The van der Waals surface area contributed by atoms with E-state index in [2.05, 4.69) is 6.58 Å². The molecule has 0 amide bonds. The molecule has 0 aliphatic heterocycles. The van der Waals surface area contributed by atoms with Crippen LogP contribution in [0.2, 0.25) is 0 Å². The minimum absolute atomic E-state index is 0.134. The number of aliphatic hydroxyl groups is 1. The summed E-state index contributed by atoms with van der Waals surface area (Å²) < 4.78 is 5.00. The first-order chi connectivity index (χ1) is 7.16. The maximum atomic E-state index is 11.5. The van der Waals surface area contributed by atoms with Crippen LogP contribution in [-0.4, -0.2) is 22.8 Å². The van der Waals surface area contributed by atoms with Gasteiger partial charge in [-0.3, -0.25) is 9.59 Å². The number of ketones is 2. The molecule has 0 heterocycles. The fourth-order valence-electron chi connectivity index (χ4n) is 1.58. The Kier molecular flexibility index (Phi) is 2.13. The molecule has 4 heteroatoms. The van der Waals surface area contributed by atoms with Crippen LogP contribution in [0.25, 0.3) is 0 Å². The second kappa shape index (κ2) is 3.33. The molecular weight excluding hydrogens is 196 g/mol. The molecule has 0 bridgehead atoms. The summed E-state index contributed by atoms with van der Waals surface area (Å²) >= 11 is 0. The Morgan fingerprint density at radius 3 is 2.73 bits per heavy atom. The number of fused-ring (bicyclic) bond motifs is 1. The van der Waals surface area contributed by atoms with Crippen LogP contribution in [0, 0.1) is 0 Å². The van der Waals surface area contributed by atoms with Gasteiger partial charge in [-0.15, -0.1) is 0 Å². The highest BCUT2D eigenvalue weighted by molar-refractivity contribution is 6.29. The molecule has 1 atom stereocenters. The zero-order valence-corrected chi connectivity index (χ0v) is 7.77. The first-order valence-electron chi connectivity index (χ1n) is 4.34. The lowest BCUT2D eigenvalue weighted by Gasteiger charge is -2.03. The molecular formula is C11H8O4. The summed E-state index contributed by atoms with van der Waals surface area (Å²) in [6.45, 7) is 3.36. The van der Waals surface area contributed by atoms with E-state index in [1.165, 1.54) is 6.07 Å². The average Bonchev–Trinajstić information content (AvgIpc) is 2.46. The van der Waals surface area contributed by atoms with E-state index in [0.717, 1.165) is 6.26 Å². The van der Waals surface area contributed by atoms with Gasteiger partial charge in [0.25, 0.3) is 0 Å². The Labute approximate surface area is 85.8 Å². The normalized spacial score (nSPS) is 18.9. The van der Waals surface area contributed by atoms with Gasteiger partial charge >= 0.3 is 0 Å². The number of hydrogen-bond donors (Lipinski definition) is 1. The quantitative estimate of drug-likeness (QED) is 0.575. The van der Waals surface area contributed by atoms with Crippen molar-refractivity contribution in [2.75, 3.05) is 0 Å². The zero-order valence-electron chi connectivity index (χ0n) is 7.77. The van der Waals surface area contributed by atoms with Crippen molar-refractivity contribution in [3.63, 3.8) is 0 Å². The molecule has 0 saturated carbocycles. The molecule has 15 heavy (non-hydrogen) atoms. The lowest BCUT2D eigenvalue weighted by Crippen LogP contribution is -2.20. The number of carbonyl (C=O) groups is 2. The van der Waals surface area contributed by atoms with Gasteiger partial charge in [0, 0.05) is 5.56 Å². The van der Waals surface area contributed by atoms with E-state index in [1.807, 2.05) is 0 Å². The predicted molar refractivity (Wildman–Crippen MR) is 51.9 cm³/mol. The number of carbonyl (C=O) groups excluding carboxylic acids is 2. The van der Waals surface area contributed by atoms with Crippen molar-refractivity contribution in [1.29, 1.82) is 0 Å². The number of rotatable bonds is 2. The van der Waals surface area contributed by atoms with Gasteiger partial charge in [-0.25, -0.2) is 0 Å². The summed E-state index contributed by atoms with van der Waals surface area (Å²) in [6, 6.07) is 4.62. The van der Waals surface area contributed by atoms with Crippen molar-refractivity contribution in [3.8, 4) is 5.75 Å². The lowest BCUT2D eigenvalue weighted by molar-refractivity contribution is 0.0662. The first-order valence-corrected chi connectivity index (χ1v) is 4.34. The van der Waals surface area contributed by atoms with Crippen LogP contribution >= 0.6 is 0 Å². The highest BCUT2D eigenvalue weighted by Crippen LogP contribution is 2.30. The Hall–Kier alpha value is -1.94. The lowest BCUT2D eigenvalue weighted by atomic mass is 10.1. The van der Waals surface area contributed by atoms with Gasteiger partial charge in [-0.1, -0.05) is 18.7 Å². The Bertz CT molecular complexity index is 462. The third-order valence-corrected chi connectivity index (χ3v) is 2.25. The minimum Gasteiger partial charge on any atom is -0.465 e. The van der Waals surface area contributed by atoms with E-state index in [1.54, 1.807) is 12.1 Å². The summed E-state index contributed by atoms with van der Waals surface area (Å²) in [5.41, 5.74) is 0.335. The van der Waals surface area contributed by atoms with Gasteiger partial charge < -0.3 is 9.84 Å². The summed E-state index contributed by atoms with van der Waals surface area (Å²) in [6.07, 6.45) is -0.424.